The quantitative estimate of drug-likeness (QED) is 0.704. The summed E-state index contributed by atoms with van der Waals surface area (Å²) in [5.41, 5.74) is -0.112. The Morgan fingerprint density at radius 3 is 2.56 bits per heavy atom. The molecular weight excluding hydrogens is 405 g/mol. The van der Waals surface area contributed by atoms with Crippen LogP contribution in [-0.4, -0.2) is 38.6 Å². The standard InChI is InChI=1S/C16H17F3N2O4S2/c1-21(27(23,24)15-9-5-11-26-15)10-4-8-14(22)20-12-6-2-3-7-13(12)25-16(17,18)19/h2-3,5-7,9,11H,4,8,10H2,1H3,(H,20,22). The van der Waals surface area contributed by atoms with Crippen LogP contribution in [0.2, 0.25) is 0 Å². The minimum absolute atomic E-state index is 0.0648. The molecule has 0 aliphatic rings. The van der Waals surface area contributed by atoms with Crippen molar-refractivity contribution in [2.75, 3.05) is 18.9 Å². The molecule has 1 amide bonds. The molecule has 0 bridgehead atoms. The number of nitrogens with zero attached hydrogens (tertiary/aromatic N) is 1. The molecule has 0 aliphatic heterocycles. The van der Waals surface area contributed by atoms with E-state index >= 15 is 0 Å². The number of anilines is 1. The van der Waals surface area contributed by atoms with E-state index in [1.54, 1.807) is 11.4 Å². The number of sulfonamides is 1. The van der Waals surface area contributed by atoms with Gasteiger partial charge in [-0.05, 0) is 30.0 Å². The molecule has 2 aromatic rings. The third kappa shape index (κ3) is 6.22. The Balaban J connectivity index is 1.89. The number of carbonyl (C=O) groups excluding carboxylic acids is 1. The lowest BCUT2D eigenvalue weighted by Crippen LogP contribution is -2.28. The maximum absolute atomic E-state index is 12.4. The normalized spacial score (nSPS) is 12.2. The van der Waals surface area contributed by atoms with Crippen molar-refractivity contribution in [2.24, 2.45) is 0 Å². The zero-order valence-electron chi connectivity index (χ0n) is 14.2. The molecule has 1 aromatic carbocycles. The Morgan fingerprint density at radius 2 is 1.93 bits per heavy atom. The van der Waals surface area contributed by atoms with E-state index in [9.17, 15) is 26.4 Å². The van der Waals surface area contributed by atoms with Crippen LogP contribution in [0.25, 0.3) is 0 Å². The highest BCUT2D eigenvalue weighted by atomic mass is 32.2. The third-order valence-electron chi connectivity index (χ3n) is 3.42. The van der Waals surface area contributed by atoms with Gasteiger partial charge in [-0.1, -0.05) is 18.2 Å². The Kier molecular flexibility index (Phi) is 6.84. The maximum atomic E-state index is 12.4. The number of halogens is 3. The van der Waals surface area contributed by atoms with Gasteiger partial charge in [0, 0.05) is 20.0 Å². The first-order valence-corrected chi connectivity index (χ1v) is 10.1. The van der Waals surface area contributed by atoms with E-state index in [1.807, 2.05) is 0 Å². The van der Waals surface area contributed by atoms with Crippen LogP contribution in [0.15, 0.2) is 46.0 Å². The molecule has 0 saturated carbocycles. The average molecular weight is 422 g/mol. The van der Waals surface area contributed by atoms with Gasteiger partial charge in [-0.15, -0.1) is 24.5 Å². The van der Waals surface area contributed by atoms with Crippen LogP contribution in [0.1, 0.15) is 12.8 Å². The molecule has 11 heteroatoms. The number of rotatable bonds is 8. The van der Waals surface area contributed by atoms with E-state index in [0.29, 0.717) is 0 Å². The van der Waals surface area contributed by atoms with Crippen LogP contribution in [0.3, 0.4) is 0 Å². The minimum Gasteiger partial charge on any atom is -0.404 e. The third-order valence-corrected chi connectivity index (χ3v) is 6.65. The second-order valence-electron chi connectivity index (χ2n) is 5.45. The van der Waals surface area contributed by atoms with Crippen LogP contribution in [-0.2, 0) is 14.8 Å². The summed E-state index contributed by atoms with van der Waals surface area (Å²) in [7, 11) is -2.20. The Labute approximate surface area is 158 Å². The first-order valence-electron chi connectivity index (χ1n) is 7.74. The topological polar surface area (TPSA) is 75.7 Å². The molecule has 1 aromatic heterocycles. The molecule has 1 N–H and O–H groups in total. The highest BCUT2D eigenvalue weighted by molar-refractivity contribution is 7.91. The Bertz CT molecular complexity index is 868. The summed E-state index contributed by atoms with van der Waals surface area (Å²) in [6.45, 7) is 0.0916. The monoisotopic (exact) mass is 422 g/mol. The number of amides is 1. The van der Waals surface area contributed by atoms with Crippen LogP contribution >= 0.6 is 11.3 Å². The van der Waals surface area contributed by atoms with Crippen molar-refractivity contribution in [3.8, 4) is 5.75 Å². The fourth-order valence-corrected chi connectivity index (χ4v) is 4.55. The molecule has 27 heavy (non-hydrogen) atoms. The van der Waals surface area contributed by atoms with E-state index < -0.39 is 28.0 Å². The number of ether oxygens (including phenoxy) is 1. The molecule has 0 atom stereocenters. The van der Waals surface area contributed by atoms with Crippen LogP contribution in [0.5, 0.6) is 5.75 Å². The second-order valence-corrected chi connectivity index (χ2v) is 8.67. The van der Waals surface area contributed by atoms with Gasteiger partial charge in [0.05, 0.1) is 5.69 Å². The lowest BCUT2D eigenvalue weighted by Gasteiger charge is -2.16. The summed E-state index contributed by atoms with van der Waals surface area (Å²) in [6.07, 6.45) is -4.74. The van der Waals surface area contributed by atoms with Gasteiger partial charge < -0.3 is 10.1 Å². The van der Waals surface area contributed by atoms with Gasteiger partial charge in [0.25, 0.3) is 10.0 Å². The van der Waals surface area contributed by atoms with Crippen molar-refractivity contribution in [1.29, 1.82) is 0 Å². The largest absolute Gasteiger partial charge is 0.573 e. The number of carbonyl (C=O) groups is 1. The summed E-state index contributed by atoms with van der Waals surface area (Å²) in [5.74, 6) is -1.06. The molecule has 0 radical (unpaired) electrons. The van der Waals surface area contributed by atoms with Crippen molar-refractivity contribution >= 4 is 33.0 Å². The number of hydrogen-bond donors (Lipinski definition) is 1. The smallest absolute Gasteiger partial charge is 0.404 e. The van der Waals surface area contributed by atoms with Crippen molar-refractivity contribution in [2.45, 2.75) is 23.4 Å². The number of nitrogens with one attached hydrogen (secondary N) is 1. The van der Waals surface area contributed by atoms with Gasteiger partial charge in [-0.2, -0.15) is 0 Å². The lowest BCUT2D eigenvalue weighted by atomic mass is 10.2. The summed E-state index contributed by atoms with van der Waals surface area (Å²) in [5, 5.41) is 3.99. The van der Waals surface area contributed by atoms with Crippen molar-refractivity contribution in [3.05, 3.63) is 41.8 Å². The zero-order chi connectivity index (χ0) is 20.1. The first kappa shape index (κ1) is 21.2. The summed E-state index contributed by atoms with van der Waals surface area (Å²) < 4.78 is 66.8. The number of benzene rings is 1. The van der Waals surface area contributed by atoms with Gasteiger partial charge in [-0.25, -0.2) is 12.7 Å². The predicted molar refractivity (Wildman–Crippen MR) is 95.1 cm³/mol. The fourth-order valence-electron chi connectivity index (χ4n) is 2.14. The fraction of sp³-hybridized carbons (Fsp3) is 0.312. The van der Waals surface area contributed by atoms with Gasteiger partial charge >= 0.3 is 6.36 Å². The van der Waals surface area contributed by atoms with Crippen molar-refractivity contribution in [3.63, 3.8) is 0 Å². The number of para-hydroxylation sites is 2. The molecule has 1 heterocycles. The molecule has 0 unspecified atom stereocenters. The zero-order valence-corrected chi connectivity index (χ0v) is 15.8. The molecular formula is C16H17F3N2O4S2. The Hall–Kier alpha value is -2.11. The van der Waals surface area contributed by atoms with Crippen LogP contribution in [0.4, 0.5) is 18.9 Å². The maximum Gasteiger partial charge on any atom is 0.573 e. The minimum atomic E-state index is -4.88. The van der Waals surface area contributed by atoms with E-state index in [-0.39, 0.29) is 29.3 Å². The summed E-state index contributed by atoms with van der Waals surface area (Å²) >= 11 is 1.09. The van der Waals surface area contributed by atoms with Gasteiger partial charge in [0.1, 0.15) is 4.21 Å². The molecule has 0 aliphatic carbocycles. The number of thiophene rings is 1. The molecule has 0 spiro atoms. The van der Waals surface area contributed by atoms with Crippen LogP contribution < -0.4 is 10.1 Å². The highest BCUT2D eigenvalue weighted by Crippen LogP contribution is 2.30. The predicted octanol–water partition coefficient (Wildman–Crippen LogP) is 3.69. The van der Waals surface area contributed by atoms with Crippen molar-refractivity contribution in [1.82, 2.24) is 4.31 Å². The summed E-state index contributed by atoms with van der Waals surface area (Å²) in [4.78, 5) is 12.0. The Morgan fingerprint density at radius 1 is 1.22 bits per heavy atom. The molecule has 2 rings (SSSR count). The molecule has 0 saturated heterocycles. The highest BCUT2D eigenvalue weighted by Gasteiger charge is 2.32. The van der Waals surface area contributed by atoms with E-state index in [1.165, 1.54) is 31.3 Å². The molecule has 0 fully saturated rings. The molecule has 148 valence electrons. The average Bonchev–Trinajstić information content (AvgIpc) is 3.10. The van der Waals surface area contributed by atoms with Gasteiger partial charge in [0.15, 0.2) is 5.75 Å². The van der Waals surface area contributed by atoms with Crippen molar-refractivity contribution < 1.29 is 31.1 Å². The lowest BCUT2D eigenvalue weighted by molar-refractivity contribution is -0.274. The number of alkyl halides is 3. The summed E-state index contributed by atoms with van der Waals surface area (Å²) in [6, 6.07) is 8.29. The second kappa shape index (κ2) is 8.72. The SMILES string of the molecule is CN(CCCC(=O)Nc1ccccc1OC(F)(F)F)S(=O)(=O)c1cccs1. The number of hydrogen-bond acceptors (Lipinski definition) is 5. The van der Waals surface area contributed by atoms with Gasteiger partial charge in [0.2, 0.25) is 5.91 Å². The van der Waals surface area contributed by atoms with Crippen LogP contribution in [0, 0.1) is 0 Å². The molecule has 6 nitrogen and oxygen atoms in total. The van der Waals surface area contributed by atoms with Gasteiger partial charge in [-0.3, -0.25) is 4.79 Å². The van der Waals surface area contributed by atoms with E-state index in [2.05, 4.69) is 10.1 Å². The van der Waals surface area contributed by atoms with E-state index in [4.69, 9.17) is 0 Å². The first-order chi connectivity index (χ1) is 12.6. The van der Waals surface area contributed by atoms with E-state index in [0.717, 1.165) is 21.7 Å².